The molecule has 2 N–H and O–H groups in total. The second-order valence-corrected chi connectivity index (χ2v) is 6.78. The molecule has 1 unspecified atom stereocenters. The number of nitrogens with one attached hydrogen (secondary N) is 2. The molecule has 158 valence electrons. The van der Waals surface area contributed by atoms with Crippen molar-refractivity contribution < 1.29 is 17.9 Å². The Hall–Kier alpha value is -2.00. The third-order valence-electron chi connectivity index (χ3n) is 4.91. The predicted molar refractivity (Wildman–Crippen MR) is 104 cm³/mol. The average molecular weight is 401 g/mol. The van der Waals surface area contributed by atoms with Gasteiger partial charge < -0.3 is 20.3 Å². The number of halogens is 3. The standard InChI is InChI=1S/C19H30F3N5O/c1-4-26-9-11-27(12-10-26)15(2)13-24-18(23-3)25-14-16-7-5-6-8-17(16)28-19(20,21)22/h5-8,15H,4,9-14H2,1-3H3,(H2,23,24,25). The van der Waals surface area contributed by atoms with Gasteiger partial charge in [-0.1, -0.05) is 25.1 Å². The smallest absolute Gasteiger partial charge is 0.405 e. The lowest BCUT2D eigenvalue weighted by Crippen LogP contribution is -2.53. The van der Waals surface area contributed by atoms with Crippen molar-refractivity contribution in [3.63, 3.8) is 0 Å². The van der Waals surface area contributed by atoms with Crippen LogP contribution in [0.25, 0.3) is 0 Å². The first-order valence-corrected chi connectivity index (χ1v) is 9.57. The Labute approximate surface area is 164 Å². The molecule has 1 saturated heterocycles. The molecule has 0 aliphatic carbocycles. The highest BCUT2D eigenvalue weighted by atomic mass is 19.4. The number of likely N-dealkylation sites (N-methyl/N-ethyl adjacent to an activating group) is 1. The van der Waals surface area contributed by atoms with E-state index in [0.717, 1.165) is 32.7 Å². The first-order chi connectivity index (χ1) is 13.3. The lowest BCUT2D eigenvalue weighted by Gasteiger charge is -2.37. The first kappa shape index (κ1) is 22.3. The largest absolute Gasteiger partial charge is 0.573 e. The number of nitrogens with zero attached hydrogens (tertiary/aromatic N) is 3. The van der Waals surface area contributed by atoms with Gasteiger partial charge in [0.05, 0.1) is 0 Å². The van der Waals surface area contributed by atoms with Gasteiger partial charge in [0.25, 0.3) is 0 Å². The number of benzene rings is 1. The van der Waals surface area contributed by atoms with E-state index in [-0.39, 0.29) is 12.3 Å². The van der Waals surface area contributed by atoms with Crippen molar-refractivity contribution >= 4 is 5.96 Å². The zero-order valence-electron chi connectivity index (χ0n) is 16.7. The highest BCUT2D eigenvalue weighted by Crippen LogP contribution is 2.26. The Morgan fingerprint density at radius 2 is 1.86 bits per heavy atom. The fraction of sp³-hybridized carbons (Fsp3) is 0.632. The molecular formula is C19H30F3N5O. The maximum absolute atomic E-state index is 12.5. The Bertz CT molecular complexity index is 630. The highest BCUT2D eigenvalue weighted by Gasteiger charge is 2.32. The number of guanidine groups is 1. The third-order valence-corrected chi connectivity index (χ3v) is 4.91. The molecule has 6 nitrogen and oxygen atoms in total. The molecule has 1 heterocycles. The maximum atomic E-state index is 12.5. The van der Waals surface area contributed by atoms with Crippen molar-refractivity contribution in [2.45, 2.75) is 32.8 Å². The Balaban J connectivity index is 1.82. The van der Waals surface area contributed by atoms with Crippen LogP contribution in [0.3, 0.4) is 0 Å². The monoisotopic (exact) mass is 401 g/mol. The van der Waals surface area contributed by atoms with Crippen molar-refractivity contribution in [2.75, 3.05) is 46.3 Å². The second-order valence-electron chi connectivity index (χ2n) is 6.78. The summed E-state index contributed by atoms with van der Waals surface area (Å²) in [5, 5.41) is 6.30. The summed E-state index contributed by atoms with van der Waals surface area (Å²) in [5.74, 6) is 0.334. The number of hydrogen-bond donors (Lipinski definition) is 2. The summed E-state index contributed by atoms with van der Waals surface area (Å²) in [5.41, 5.74) is 0.409. The minimum absolute atomic E-state index is 0.176. The maximum Gasteiger partial charge on any atom is 0.573 e. The lowest BCUT2D eigenvalue weighted by atomic mass is 10.2. The van der Waals surface area contributed by atoms with E-state index >= 15 is 0 Å². The Kier molecular flexibility index (Phi) is 8.37. The number of hydrogen-bond acceptors (Lipinski definition) is 4. The molecule has 1 aliphatic rings. The van der Waals surface area contributed by atoms with Gasteiger partial charge in [-0.05, 0) is 19.5 Å². The molecule has 2 rings (SSSR count). The van der Waals surface area contributed by atoms with Gasteiger partial charge in [-0.15, -0.1) is 13.2 Å². The van der Waals surface area contributed by atoms with Crippen LogP contribution >= 0.6 is 0 Å². The second kappa shape index (κ2) is 10.5. The van der Waals surface area contributed by atoms with Crippen LogP contribution in [-0.4, -0.2) is 74.5 Å². The van der Waals surface area contributed by atoms with Gasteiger partial charge in [-0.25, -0.2) is 0 Å². The molecule has 0 aromatic heterocycles. The van der Waals surface area contributed by atoms with Crippen molar-refractivity contribution in [2.24, 2.45) is 4.99 Å². The van der Waals surface area contributed by atoms with Crippen LogP contribution < -0.4 is 15.4 Å². The summed E-state index contributed by atoms with van der Waals surface area (Å²) in [6, 6.07) is 6.42. The number of piperazine rings is 1. The summed E-state index contributed by atoms with van der Waals surface area (Å²) in [4.78, 5) is 9.01. The summed E-state index contributed by atoms with van der Waals surface area (Å²) in [6.07, 6.45) is -4.72. The van der Waals surface area contributed by atoms with Crippen molar-refractivity contribution in [3.8, 4) is 5.75 Å². The van der Waals surface area contributed by atoms with Crippen LogP contribution in [0.2, 0.25) is 0 Å². The third kappa shape index (κ3) is 7.20. The van der Waals surface area contributed by atoms with E-state index in [1.807, 2.05) is 0 Å². The predicted octanol–water partition coefficient (Wildman–Crippen LogP) is 2.28. The molecule has 0 bridgehead atoms. The number of alkyl halides is 3. The molecule has 1 fully saturated rings. The minimum atomic E-state index is -4.72. The zero-order valence-corrected chi connectivity index (χ0v) is 16.7. The average Bonchev–Trinajstić information content (AvgIpc) is 2.68. The lowest BCUT2D eigenvalue weighted by molar-refractivity contribution is -0.274. The summed E-state index contributed by atoms with van der Waals surface area (Å²) >= 11 is 0. The molecule has 28 heavy (non-hydrogen) atoms. The molecular weight excluding hydrogens is 371 g/mol. The number of aliphatic imine (C=N–C) groups is 1. The van der Waals surface area contributed by atoms with Crippen LogP contribution in [-0.2, 0) is 6.54 Å². The SMILES string of the molecule is CCN1CCN(C(C)CNC(=NC)NCc2ccccc2OC(F)(F)F)CC1. The van der Waals surface area contributed by atoms with Crippen LogP contribution in [0.5, 0.6) is 5.75 Å². The molecule has 1 aromatic carbocycles. The minimum Gasteiger partial charge on any atom is -0.405 e. The normalized spacial score (nSPS) is 18.0. The molecule has 1 atom stereocenters. The van der Waals surface area contributed by atoms with Crippen LogP contribution in [0, 0.1) is 0 Å². The summed E-state index contributed by atoms with van der Waals surface area (Å²) < 4.78 is 41.7. The molecule has 1 aliphatic heterocycles. The molecule has 0 radical (unpaired) electrons. The Morgan fingerprint density at radius 1 is 1.18 bits per heavy atom. The number of rotatable bonds is 7. The van der Waals surface area contributed by atoms with E-state index in [1.54, 1.807) is 19.2 Å². The van der Waals surface area contributed by atoms with E-state index < -0.39 is 6.36 Å². The van der Waals surface area contributed by atoms with Crippen LogP contribution in [0.1, 0.15) is 19.4 Å². The molecule has 9 heteroatoms. The van der Waals surface area contributed by atoms with E-state index in [9.17, 15) is 13.2 Å². The van der Waals surface area contributed by atoms with Crippen molar-refractivity contribution in [1.82, 2.24) is 20.4 Å². The fourth-order valence-electron chi connectivity index (χ4n) is 3.17. The van der Waals surface area contributed by atoms with Gasteiger partial charge in [0, 0.05) is 57.9 Å². The van der Waals surface area contributed by atoms with Gasteiger partial charge in [-0.3, -0.25) is 9.89 Å². The van der Waals surface area contributed by atoms with Gasteiger partial charge in [-0.2, -0.15) is 0 Å². The molecule has 1 aromatic rings. The van der Waals surface area contributed by atoms with Crippen molar-refractivity contribution in [3.05, 3.63) is 29.8 Å². The van der Waals surface area contributed by atoms with E-state index in [4.69, 9.17) is 0 Å². The molecule has 0 saturated carbocycles. The van der Waals surface area contributed by atoms with Gasteiger partial charge in [0.1, 0.15) is 5.75 Å². The number of para-hydroxylation sites is 1. The van der Waals surface area contributed by atoms with E-state index in [0.29, 0.717) is 24.1 Å². The summed E-state index contributed by atoms with van der Waals surface area (Å²) in [7, 11) is 1.64. The van der Waals surface area contributed by atoms with E-state index in [2.05, 4.69) is 44.0 Å². The molecule has 0 amide bonds. The summed E-state index contributed by atoms with van der Waals surface area (Å²) in [6.45, 7) is 10.5. The van der Waals surface area contributed by atoms with Crippen LogP contribution in [0.15, 0.2) is 29.3 Å². The quantitative estimate of drug-likeness (QED) is 0.542. The molecule has 0 spiro atoms. The van der Waals surface area contributed by atoms with Gasteiger partial charge >= 0.3 is 6.36 Å². The Morgan fingerprint density at radius 3 is 2.46 bits per heavy atom. The fourth-order valence-corrected chi connectivity index (χ4v) is 3.17. The van der Waals surface area contributed by atoms with Crippen LogP contribution in [0.4, 0.5) is 13.2 Å². The number of ether oxygens (including phenoxy) is 1. The van der Waals surface area contributed by atoms with Crippen molar-refractivity contribution in [1.29, 1.82) is 0 Å². The zero-order chi connectivity index (χ0) is 20.6. The first-order valence-electron chi connectivity index (χ1n) is 9.57. The van der Waals surface area contributed by atoms with E-state index in [1.165, 1.54) is 12.1 Å². The topological polar surface area (TPSA) is 52.1 Å². The highest BCUT2D eigenvalue weighted by molar-refractivity contribution is 5.79. The van der Waals surface area contributed by atoms with Gasteiger partial charge in [0.15, 0.2) is 5.96 Å². The van der Waals surface area contributed by atoms with Gasteiger partial charge in [0.2, 0.25) is 0 Å².